The molecule has 1 aliphatic carbocycles. The van der Waals surface area contributed by atoms with Crippen molar-refractivity contribution in [2.24, 2.45) is 0 Å². The summed E-state index contributed by atoms with van der Waals surface area (Å²) in [6.07, 6.45) is 7.95. The molecule has 3 nitrogen and oxygen atoms in total. The SMILES string of the molecule is CC1(Nc2ccc(C#N)cn2)CCCCC1. The number of aromatic nitrogens is 1. The lowest BCUT2D eigenvalue weighted by atomic mass is 9.83. The Labute approximate surface area is 96.5 Å². The molecule has 1 aliphatic rings. The summed E-state index contributed by atoms with van der Waals surface area (Å²) in [6, 6.07) is 5.77. The van der Waals surface area contributed by atoms with E-state index in [0.29, 0.717) is 5.56 Å². The van der Waals surface area contributed by atoms with Crippen molar-refractivity contribution >= 4 is 5.82 Å². The molecule has 0 radical (unpaired) electrons. The summed E-state index contributed by atoms with van der Waals surface area (Å²) in [7, 11) is 0. The molecule has 0 bridgehead atoms. The van der Waals surface area contributed by atoms with Crippen LogP contribution < -0.4 is 5.32 Å². The summed E-state index contributed by atoms with van der Waals surface area (Å²) in [5.41, 5.74) is 0.790. The van der Waals surface area contributed by atoms with Gasteiger partial charge in [0.15, 0.2) is 0 Å². The number of hydrogen-bond acceptors (Lipinski definition) is 3. The van der Waals surface area contributed by atoms with E-state index in [-0.39, 0.29) is 5.54 Å². The fourth-order valence-electron chi connectivity index (χ4n) is 2.30. The van der Waals surface area contributed by atoms with Crippen molar-refractivity contribution in [1.82, 2.24) is 4.98 Å². The fraction of sp³-hybridized carbons (Fsp3) is 0.538. The minimum absolute atomic E-state index is 0.180. The number of nitrogens with zero attached hydrogens (tertiary/aromatic N) is 2. The summed E-state index contributed by atoms with van der Waals surface area (Å²) in [5, 5.41) is 12.2. The monoisotopic (exact) mass is 215 g/mol. The molecule has 1 aromatic rings. The van der Waals surface area contributed by atoms with Crippen molar-refractivity contribution in [3.63, 3.8) is 0 Å². The van der Waals surface area contributed by atoms with E-state index in [1.807, 2.05) is 12.1 Å². The largest absolute Gasteiger partial charge is 0.365 e. The second kappa shape index (κ2) is 4.52. The van der Waals surface area contributed by atoms with Crippen LogP contribution in [0.5, 0.6) is 0 Å². The van der Waals surface area contributed by atoms with E-state index in [9.17, 15) is 0 Å². The van der Waals surface area contributed by atoms with Crippen LogP contribution in [-0.2, 0) is 0 Å². The molecule has 0 saturated heterocycles. The molecule has 2 rings (SSSR count). The Hall–Kier alpha value is -1.56. The van der Waals surface area contributed by atoms with Crippen molar-refractivity contribution in [3.05, 3.63) is 23.9 Å². The van der Waals surface area contributed by atoms with Crippen LogP contribution in [0.15, 0.2) is 18.3 Å². The van der Waals surface area contributed by atoms with Crippen molar-refractivity contribution in [3.8, 4) is 6.07 Å². The third-order valence-corrected chi connectivity index (χ3v) is 3.28. The van der Waals surface area contributed by atoms with Gasteiger partial charge >= 0.3 is 0 Å². The molecule has 84 valence electrons. The van der Waals surface area contributed by atoms with E-state index in [1.54, 1.807) is 6.20 Å². The van der Waals surface area contributed by atoms with Gasteiger partial charge < -0.3 is 5.32 Å². The van der Waals surface area contributed by atoms with E-state index in [2.05, 4.69) is 23.3 Å². The zero-order valence-electron chi connectivity index (χ0n) is 9.66. The fourth-order valence-corrected chi connectivity index (χ4v) is 2.30. The number of pyridine rings is 1. The van der Waals surface area contributed by atoms with Crippen molar-refractivity contribution < 1.29 is 0 Å². The molecule has 0 atom stereocenters. The smallest absolute Gasteiger partial charge is 0.126 e. The predicted molar refractivity (Wildman–Crippen MR) is 64.1 cm³/mol. The standard InChI is InChI=1S/C13H17N3/c1-13(7-3-2-4-8-13)16-12-6-5-11(9-14)10-15-12/h5-6,10H,2-4,7-8H2,1H3,(H,15,16). The Morgan fingerprint density at radius 3 is 2.62 bits per heavy atom. The van der Waals surface area contributed by atoms with E-state index < -0.39 is 0 Å². The first-order chi connectivity index (χ1) is 7.72. The lowest BCUT2D eigenvalue weighted by molar-refractivity contribution is 0.348. The molecule has 0 aliphatic heterocycles. The van der Waals surface area contributed by atoms with Gasteiger partial charge in [0.05, 0.1) is 5.56 Å². The Bertz CT molecular complexity index is 383. The third-order valence-electron chi connectivity index (χ3n) is 3.28. The Balaban J connectivity index is 2.05. The second-order valence-electron chi connectivity index (χ2n) is 4.79. The number of nitrogens with one attached hydrogen (secondary N) is 1. The van der Waals surface area contributed by atoms with Crippen LogP contribution in [-0.4, -0.2) is 10.5 Å². The molecule has 1 aromatic heterocycles. The predicted octanol–water partition coefficient (Wildman–Crippen LogP) is 3.09. The highest BCUT2D eigenvalue weighted by Gasteiger charge is 2.26. The molecule has 16 heavy (non-hydrogen) atoms. The molecular weight excluding hydrogens is 198 g/mol. The van der Waals surface area contributed by atoms with Crippen LogP contribution in [0.3, 0.4) is 0 Å². The molecule has 1 N–H and O–H groups in total. The maximum Gasteiger partial charge on any atom is 0.126 e. The number of nitriles is 1. The highest BCUT2D eigenvalue weighted by atomic mass is 15.0. The quantitative estimate of drug-likeness (QED) is 0.824. The van der Waals surface area contributed by atoms with Gasteiger partial charge in [-0.15, -0.1) is 0 Å². The van der Waals surface area contributed by atoms with Crippen LogP contribution in [0.2, 0.25) is 0 Å². The molecule has 0 unspecified atom stereocenters. The van der Waals surface area contributed by atoms with Gasteiger partial charge in [-0.2, -0.15) is 5.26 Å². The van der Waals surface area contributed by atoms with Gasteiger partial charge in [0.25, 0.3) is 0 Å². The molecular formula is C13H17N3. The van der Waals surface area contributed by atoms with Crippen molar-refractivity contribution in [2.75, 3.05) is 5.32 Å². The van der Waals surface area contributed by atoms with Gasteiger partial charge in [-0.05, 0) is 31.9 Å². The van der Waals surface area contributed by atoms with Crippen LogP contribution in [0.1, 0.15) is 44.6 Å². The maximum absolute atomic E-state index is 8.69. The molecule has 0 aromatic carbocycles. The van der Waals surface area contributed by atoms with Gasteiger partial charge in [-0.3, -0.25) is 0 Å². The second-order valence-corrected chi connectivity index (χ2v) is 4.79. The topological polar surface area (TPSA) is 48.7 Å². The first-order valence-electron chi connectivity index (χ1n) is 5.86. The Morgan fingerprint density at radius 2 is 2.06 bits per heavy atom. The average Bonchev–Trinajstić information content (AvgIpc) is 2.30. The summed E-state index contributed by atoms with van der Waals surface area (Å²) in [4.78, 5) is 4.26. The summed E-state index contributed by atoms with van der Waals surface area (Å²) in [5.74, 6) is 0.878. The lowest BCUT2D eigenvalue weighted by Crippen LogP contribution is -2.37. The Morgan fingerprint density at radius 1 is 1.31 bits per heavy atom. The van der Waals surface area contributed by atoms with Gasteiger partial charge in [0, 0.05) is 11.7 Å². The lowest BCUT2D eigenvalue weighted by Gasteiger charge is -2.35. The maximum atomic E-state index is 8.69. The van der Waals surface area contributed by atoms with Gasteiger partial charge in [-0.25, -0.2) is 4.98 Å². The van der Waals surface area contributed by atoms with Crippen molar-refractivity contribution in [2.45, 2.75) is 44.6 Å². The molecule has 3 heteroatoms. The van der Waals surface area contributed by atoms with Crippen LogP contribution in [0, 0.1) is 11.3 Å². The van der Waals surface area contributed by atoms with Gasteiger partial charge in [0.2, 0.25) is 0 Å². The van der Waals surface area contributed by atoms with E-state index in [0.717, 1.165) is 5.82 Å². The number of hydrogen-bond donors (Lipinski definition) is 1. The molecule has 1 heterocycles. The Kier molecular flexibility index (Phi) is 3.09. The number of rotatable bonds is 2. The molecule has 1 saturated carbocycles. The van der Waals surface area contributed by atoms with Crippen molar-refractivity contribution in [1.29, 1.82) is 5.26 Å². The summed E-state index contributed by atoms with van der Waals surface area (Å²) < 4.78 is 0. The van der Waals surface area contributed by atoms with E-state index in [1.165, 1.54) is 32.1 Å². The minimum Gasteiger partial charge on any atom is -0.365 e. The van der Waals surface area contributed by atoms with Gasteiger partial charge in [-0.1, -0.05) is 19.3 Å². The van der Waals surface area contributed by atoms with E-state index >= 15 is 0 Å². The molecule has 0 spiro atoms. The zero-order valence-corrected chi connectivity index (χ0v) is 9.66. The highest BCUT2D eigenvalue weighted by molar-refractivity contribution is 5.41. The first-order valence-corrected chi connectivity index (χ1v) is 5.86. The van der Waals surface area contributed by atoms with Crippen LogP contribution in [0.25, 0.3) is 0 Å². The van der Waals surface area contributed by atoms with E-state index in [4.69, 9.17) is 5.26 Å². The summed E-state index contributed by atoms with van der Waals surface area (Å²) >= 11 is 0. The van der Waals surface area contributed by atoms with Crippen LogP contribution >= 0.6 is 0 Å². The molecule has 1 fully saturated rings. The average molecular weight is 215 g/mol. The number of anilines is 1. The molecule has 0 amide bonds. The first kappa shape index (κ1) is 10.9. The summed E-state index contributed by atoms with van der Waals surface area (Å²) in [6.45, 7) is 2.26. The zero-order chi connectivity index (χ0) is 11.4. The minimum atomic E-state index is 0.180. The third kappa shape index (κ3) is 2.52. The highest BCUT2D eigenvalue weighted by Crippen LogP contribution is 2.30. The normalized spacial score (nSPS) is 18.8. The van der Waals surface area contributed by atoms with Crippen LogP contribution in [0.4, 0.5) is 5.82 Å². The van der Waals surface area contributed by atoms with Gasteiger partial charge in [0.1, 0.15) is 11.9 Å².